The molecule has 2 aliphatic rings. The summed E-state index contributed by atoms with van der Waals surface area (Å²) < 4.78 is 262. The first-order chi connectivity index (χ1) is 36.0. The number of rotatable bonds is 2. The Balaban J connectivity index is 1.49. The van der Waals surface area contributed by atoms with Crippen LogP contribution < -0.4 is 0 Å². The highest BCUT2D eigenvalue weighted by molar-refractivity contribution is 6.28. The van der Waals surface area contributed by atoms with E-state index in [4.69, 9.17) is 27.7 Å². The third kappa shape index (κ3) is 3.76. The summed E-state index contributed by atoms with van der Waals surface area (Å²) in [6, 6.07) is -24.8. The molecule has 0 aliphatic heterocycles. The van der Waals surface area contributed by atoms with Crippen LogP contribution in [0.15, 0.2) is 168 Å². The van der Waals surface area contributed by atoms with Gasteiger partial charge in [0.15, 0.2) is 0 Å². The van der Waals surface area contributed by atoms with Crippen molar-refractivity contribution in [3.05, 3.63) is 174 Å². The lowest BCUT2D eigenvalue weighted by molar-refractivity contribution is 0.673. The minimum Gasteiger partial charge on any atom is -0.455 e. The normalized spacial score (nSPS) is 26.0. The third-order valence-corrected chi connectivity index (χ3v) is 8.86. The SMILES string of the molecule is [2H]C1=C([2H])C2C([2H])=C([2H])c3c([2H])c(-c4c5c([2H])c([2H])c([2H])c([2H])c5c(-c5c([2H])c([2H])c([2H])c6oc7c8c([2H])c([2H])c([2H])c([2H])c8c([2H])c([2H])c7c56)c5c([2H])c([2H])c([2H])c([2H])c45)c4c([2H])c([2H])c([2H])c([2H])c4c3C2C([2H])=C1[2H]. The van der Waals surface area contributed by atoms with Crippen molar-refractivity contribution in [3.8, 4) is 22.3 Å². The van der Waals surface area contributed by atoms with E-state index < -0.39 is 279 Å². The summed E-state index contributed by atoms with van der Waals surface area (Å²) in [6.07, 6.45) is 0. The summed E-state index contributed by atoms with van der Waals surface area (Å²) >= 11 is 0. The van der Waals surface area contributed by atoms with Gasteiger partial charge in [-0.2, -0.15) is 0 Å². The number of furan rings is 1. The highest BCUT2D eigenvalue weighted by Gasteiger charge is 2.28. The van der Waals surface area contributed by atoms with Crippen molar-refractivity contribution in [2.45, 2.75) is 5.92 Å². The first-order valence-corrected chi connectivity index (χ1v) is 14.9. The molecule has 0 saturated carbocycles. The molecule has 2 aliphatic carbocycles. The van der Waals surface area contributed by atoms with Crippen LogP contribution >= 0.6 is 0 Å². The fourth-order valence-electron chi connectivity index (χ4n) is 6.86. The Bertz CT molecular complexity index is 4460. The zero-order valence-corrected chi connectivity index (χ0v) is 24.6. The Morgan fingerprint density at radius 1 is 0.490 bits per heavy atom. The molecule has 2 atom stereocenters. The largest absolute Gasteiger partial charge is 0.455 e. The predicted molar refractivity (Wildman–Crippen MR) is 208 cm³/mol. The topological polar surface area (TPSA) is 13.1 Å². The molecule has 2 unspecified atom stereocenters. The minimum absolute atomic E-state index is 0.406. The van der Waals surface area contributed by atoms with Crippen molar-refractivity contribution >= 4 is 71.1 Å². The molecule has 9 aromatic rings. The van der Waals surface area contributed by atoms with Crippen molar-refractivity contribution < 1.29 is 42.8 Å². The standard InChI is InChI=1S/C48H30O/c1-3-14-32-29(12-1)24-25-31-28-42(34-16-5-6-17-35(34)44(31)32)46-38-20-9-7-18-36(38)45(37-19-8-10-21-39(37)46)40-22-11-23-43-47(40)41-27-26-30-13-2-4-15-33(30)48(41)49-43/h1-29,32H/i1D,2D,3D,4D,5D,6D,7D,8D,9D,10D,11D,12D,13D,14D,15D,16D,17D,18D,19D,20D,21D,22D,23D,24D,25D,26D,27D,28D. The third-order valence-electron chi connectivity index (χ3n) is 8.86. The summed E-state index contributed by atoms with van der Waals surface area (Å²) in [6.45, 7) is 0. The molecule has 11 rings (SSSR count). The molecular weight excluding hydrogens is 593 g/mol. The maximum absolute atomic E-state index is 10.1. The van der Waals surface area contributed by atoms with Crippen molar-refractivity contribution in [3.63, 3.8) is 0 Å². The van der Waals surface area contributed by atoms with Gasteiger partial charge in [-0.3, -0.25) is 0 Å². The van der Waals surface area contributed by atoms with Gasteiger partial charge in [-0.15, -0.1) is 0 Å². The highest BCUT2D eigenvalue weighted by atomic mass is 16.3. The molecular formula is C48H30O. The van der Waals surface area contributed by atoms with Gasteiger partial charge < -0.3 is 4.42 Å². The van der Waals surface area contributed by atoms with Crippen LogP contribution in [0.25, 0.3) is 93.3 Å². The molecule has 0 fully saturated rings. The van der Waals surface area contributed by atoms with E-state index in [1.807, 2.05) is 0 Å². The van der Waals surface area contributed by atoms with E-state index in [1.165, 1.54) is 0 Å². The summed E-state index contributed by atoms with van der Waals surface area (Å²) in [7, 11) is 0. The average molecular weight is 651 g/mol. The lowest BCUT2D eigenvalue weighted by Crippen LogP contribution is -2.14. The lowest BCUT2D eigenvalue weighted by atomic mass is 9.74. The van der Waals surface area contributed by atoms with Crippen LogP contribution in [0.1, 0.15) is 55.4 Å². The fourth-order valence-corrected chi connectivity index (χ4v) is 6.86. The molecule has 49 heavy (non-hydrogen) atoms. The molecule has 0 N–H and O–H groups in total. The van der Waals surface area contributed by atoms with Crippen LogP contribution in [0.5, 0.6) is 0 Å². The zero-order chi connectivity index (χ0) is 56.4. The van der Waals surface area contributed by atoms with Crippen LogP contribution in [-0.2, 0) is 0 Å². The van der Waals surface area contributed by atoms with Crippen molar-refractivity contribution in [1.29, 1.82) is 0 Å². The Labute approximate surface area is 323 Å². The minimum atomic E-state index is -1.70. The van der Waals surface area contributed by atoms with Crippen molar-refractivity contribution in [2.24, 2.45) is 5.92 Å². The molecule has 1 heterocycles. The van der Waals surface area contributed by atoms with E-state index in [1.54, 1.807) is 0 Å². The van der Waals surface area contributed by atoms with Gasteiger partial charge in [-0.25, -0.2) is 0 Å². The molecule has 0 radical (unpaired) electrons. The van der Waals surface area contributed by atoms with E-state index in [0.717, 1.165) is 0 Å². The van der Waals surface area contributed by atoms with Crippen LogP contribution in [0, 0.1) is 5.92 Å². The molecule has 8 aromatic carbocycles. The second-order valence-electron chi connectivity index (χ2n) is 11.3. The molecule has 228 valence electrons. The monoisotopic (exact) mass is 650 g/mol. The Morgan fingerprint density at radius 2 is 1.12 bits per heavy atom. The van der Waals surface area contributed by atoms with E-state index in [2.05, 4.69) is 0 Å². The molecule has 1 aromatic heterocycles. The fraction of sp³-hybridized carbons (Fsp3) is 0.0417. The van der Waals surface area contributed by atoms with E-state index >= 15 is 0 Å². The van der Waals surface area contributed by atoms with E-state index in [-0.39, 0.29) is 0 Å². The van der Waals surface area contributed by atoms with Gasteiger partial charge in [0.05, 0.1) is 38.4 Å². The zero-order valence-electron chi connectivity index (χ0n) is 52.6. The molecule has 0 spiro atoms. The van der Waals surface area contributed by atoms with Gasteiger partial charge in [-0.1, -0.05) is 151 Å². The quantitative estimate of drug-likeness (QED) is 0.170. The first-order valence-electron chi connectivity index (χ1n) is 28.9. The van der Waals surface area contributed by atoms with Crippen LogP contribution in [0.3, 0.4) is 0 Å². The molecule has 0 bridgehead atoms. The van der Waals surface area contributed by atoms with Gasteiger partial charge in [-0.05, 0) is 89.2 Å². The van der Waals surface area contributed by atoms with Gasteiger partial charge in [0.1, 0.15) is 11.2 Å². The van der Waals surface area contributed by atoms with E-state index in [0.29, 0.717) is 0 Å². The molecule has 0 saturated heterocycles. The number of fused-ring (bicyclic) bond motifs is 12. The number of hydrogen-bond donors (Lipinski definition) is 0. The maximum atomic E-state index is 10.1. The molecule has 1 nitrogen and oxygen atoms in total. The van der Waals surface area contributed by atoms with E-state index in [9.17, 15) is 15.1 Å². The first kappa shape index (κ1) is 11.5. The summed E-state index contributed by atoms with van der Waals surface area (Å²) in [5, 5.41) is -6.23. The summed E-state index contributed by atoms with van der Waals surface area (Å²) in [5.74, 6) is -3.35. The smallest absolute Gasteiger partial charge is 0.143 e. The van der Waals surface area contributed by atoms with Gasteiger partial charge in [0, 0.05) is 28.0 Å². The van der Waals surface area contributed by atoms with Crippen LogP contribution in [-0.4, -0.2) is 0 Å². The molecule has 1 heteroatoms. The van der Waals surface area contributed by atoms with Crippen molar-refractivity contribution in [2.75, 3.05) is 0 Å². The number of hydrogen-bond acceptors (Lipinski definition) is 1. The Morgan fingerprint density at radius 3 is 1.88 bits per heavy atom. The van der Waals surface area contributed by atoms with Crippen LogP contribution in [0.4, 0.5) is 0 Å². The second kappa shape index (κ2) is 10.2. The van der Waals surface area contributed by atoms with Gasteiger partial charge in [0.2, 0.25) is 0 Å². The summed E-state index contributed by atoms with van der Waals surface area (Å²) in [4.78, 5) is 0. The highest BCUT2D eigenvalue weighted by Crippen LogP contribution is 2.50. The summed E-state index contributed by atoms with van der Waals surface area (Å²) in [5.41, 5.74) is -5.12. The van der Waals surface area contributed by atoms with Gasteiger partial charge >= 0.3 is 0 Å². The lowest BCUT2D eigenvalue weighted by Gasteiger charge is -2.30. The average Bonchev–Trinajstić information content (AvgIpc) is 3.98. The Hall–Kier alpha value is -6.18. The van der Waals surface area contributed by atoms with Crippen molar-refractivity contribution in [1.82, 2.24) is 0 Å². The van der Waals surface area contributed by atoms with Gasteiger partial charge in [0.25, 0.3) is 0 Å². The number of allylic oxidation sites excluding steroid dienone is 5. The number of benzene rings is 8. The maximum Gasteiger partial charge on any atom is 0.143 e. The molecule has 0 amide bonds. The van der Waals surface area contributed by atoms with Crippen LogP contribution in [0.2, 0.25) is 0 Å². The Kier molecular flexibility index (Phi) is 2.38. The second-order valence-corrected chi connectivity index (χ2v) is 11.3. The predicted octanol–water partition coefficient (Wildman–Crippen LogP) is 13.4.